The number of rotatable bonds is 2. The topological polar surface area (TPSA) is 8.82 Å². The van der Waals surface area contributed by atoms with E-state index in [4.69, 9.17) is 0 Å². The third-order valence-electron chi connectivity index (χ3n) is 12.7. The summed E-state index contributed by atoms with van der Waals surface area (Å²) < 4.78 is 7.79. The number of nitrogens with zero attached hydrogens (tertiary/aromatic N) is 2. The first-order chi connectivity index (χ1) is 28.0. The van der Waals surface area contributed by atoms with Crippen LogP contribution in [0.15, 0.2) is 144 Å². The van der Waals surface area contributed by atoms with Crippen molar-refractivity contribution in [3.63, 3.8) is 0 Å². The van der Waals surface area contributed by atoms with E-state index in [-0.39, 0.29) is 10.8 Å². The van der Waals surface area contributed by atoms with E-state index in [1.807, 2.05) is 22.7 Å². The van der Waals surface area contributed by atoms with Crippen LogP contribution in [0.5, 0.6) is 0 Å². The molecule has 0 radical (unpaired) electrons. The van der Waals surface area contributed by atoms with Crippen molar-refractivity contribution in [2.75, 3.05) is 0 Å². The highest BCUT2D eigenvalue weighted by Crippen LogP contribution is 2.47. The Morgan fingerprint density at radius 1 is 0.345 bits per heavy atom. The lowest BCUT2D eigenvalue weighted by atomic mass is 9.85. The molecule has 0 saturated heterocycles. The highest BCUT2D eigenvalue weighted by atomic mass is 32.1. The standard InChI is InChI=1S/C54H42N2S2/c1-53(2,3)31-21-23-43-39(25-31)35-15-11-17-37(41-29-57-49-19-9-7-13-33(41)49)51(35)47-28-46-45(55(43)47)27-48-52-36(40-26-32(54(4,5)6)22-24-44(40)56(46)48)16-12-18-38(52)42-30-58-50-20-10-8-14-34(42)50/h7-30H,1-6H3. The van der Waals surface area contributed by atoms with Crippen molar-refractivity contribution in [3.05, 3.63) is 155 Å². The lowest BCUT2D eigenvalue weighted by molar-refractivity contribution is 0.591. The first kappa shape index (κ1) is 34.1. The summed E-state index contributed by atoms with van der Waals surface area (Å²) >= 11 is 3.67. The van der Waals surface area contributed by atoms with Gasteiger partial charge in [-0.2, -0.15) is 0 Å². The SMILES string of the molecule is CC(C)(C)c1ccc2c(c1)c1cccc(-c3csc4ccccc34)c1c1cc3c(cc4c5c(-c6csc7ccccc67)cccc5c5cc(C(C)(C)C)ccc5n43)n21. The van der Waals surface area contributed by atoms with Gasteiger partial charge in [-0.3, -0.25) is 0 Å². The quantitative estimate of drug-likeness (QED) is 0.154. The molecule has 0 fully saturated rings. The number of fused-ring (bicyclic) bond motifs is 17. The van der Waals surface area contributed by atoms with Gasteiger partial charge in [0.2, 0.25) is 0 Å². The highest BCUT2D eigenvalue weighted by Gasteiger charge is 2.25. The monoisotopic (exact) mass is 782 g/mol. The van der Waals surface area contributed by atoms with Crippen LogP contribution in [0.1, 0.15) is 52.7 Å². The maximum Gasteiger partial charge on any atom is 0.0724 e. The lowest BCUT2D eigenvalue weighted by Gasteiger charge is -2.21. The summed E-state index contributed by atoms with van der Waals surface area (Å²) in [5, 5.41) is 15.1. The molecule has 12 aromatic rings. The molecule has 0 spiro atoms. The first-order valence-electron chi connectivity index (χ1n) is 20.3. The number of hydrogen-bond donors (Lipinski definition) is 0. The van der Waals surface area contributed by atoms with Gasteiger partial charge in [0.05, 0.1) is 33.1 Å². The molecule has 0 saturated carbocycles. The van der Waals surface area contributed by atoms with E-state index < -0.39 is 0 Å². The van der Waals surface area contributed by atoms with Gasteiger partial charge < -0.3 is 8.80 Å². The fourth-order valence-electron chi connectivity index (χ4n) is 9.79. The lowest BCUT2D eigenvalue weighted by Crippen LogP contribution is -2.10. The minimum atomic E-state index is 0.0134. The van der Waals surface area contributed by atoms with E-state index in [0.29, 0.717) is 0 Å². The van der Waals surface area contributed by atoms with Crippen molar-refractivity contribution in [2.45, 2.75) is 52.4 Å². The highest BCUT2D eigenvalue weighted by molar-refractivity contribution is 7.18. The summed E-state index contributed by atoms with van der Waals surface area (Å²) in [6, 6.07) is 51.0. The molecule has 0 aliphatic heterocycles. The number of benzene rings is 6. The van der Waals surface area contributed by atoms with E-state index in [9.17, 15) is 0 Å². The maximum atomic E-state index is 2.58. The summed E-state index contributed by atoms with van der Waals surface area (Å²) in [6.07, 6.45) is 0. The van der Waals surface area contributed by atoms with Crippen LogP contribution in [-0.2, 0) is 10.8 Å². The van der Waals surface area contributed by atoms with Crippen LogP contribution in [0.4, 0.5) is 0 Å². The molecule has 0 atom stereocenters. The normalized spacial score (nSPS) is 13.0. The second-order valence-electron chi connectivity index (χ2n) is 18.2. The van der Waals surface area contributed by atoms with Crippen LogP contribution in [0.25, 0.3) is 108 Å². The number of pyridine rings is 2. The van der Waals surface area contributed by atoms with Gasteiger partial charge in [-0.05, 0) is 103 Å². The van der Waals surface area contributed by atoms with Crippen molar-refractivity contribution in [1.29, 1.82) is 0 Å². The van der Waals surface area contributed by atoms with Crippen LogP contribution in [-0.4, -0.2) is 8.80 Å². The minimum absolute atomic E-state index is 0.0134. The Hall–Kier alpha value is -5.94. The molecule has 0 amide bonds. The second-order valence-corrected chi connectivity index (χ2v) is 20.0. The Bertz CT molecular complexity index is 3460. The van der Waals surface area contributed by atoms with Gasteiger partial charge in [-0.25, -0.2) is 0 Å². The Balaban J connectivity index is 1.30. The molecule has 4 heteroatoms. The zero-order chi connectivity index (χ0) is 39.2. The molecular formula is C54H42N2S2. The molecular weight excluding hydrogens is 741 g/mol. The molecule has 6 aromatic heterocycles. The van der Waals surface area contributed by atoms with Crippen molar-refractivity contribution in [3.8, 4) is 22.3 Å². The van der Waals surface area contributed by atoms with Crippen LogP contribution in [0, 0.1) is 0 Å². The average molecular weight is 783 g/mol. The molecule has 58 heavy (non-hydrogen) atoms. The summed E-state index contributed by atoms with van der Waals surface area (Å²) in [5.41, 5.74) is 15.3. The Kier molecular flexibility index (Phi) is 6.95. The van der Waals surface area contributed by atoms with E-state index >= 15 is 0 Å². The molecule has 0 unspecified atom stereocenters. The van der Waals surface area contributed by atoms with Gasteiger partial charge in [0.1, 0.15) is 0 Å². The maximum absolute atomic E-state index is 2.58. The second kappa shape index (κ2) is 11.8. The zero-order valence-electron chi connectivity index (χ0n) is 33.6. The summed E-state index contributed by atoms with van der Waals surface area (Å²) in [6.45, 7) is 13.9. The van der Waals surface area contributed by atoms with Gasteiger partial charge in [-0.1, -0.05) is 126 Å². The van der Waals surface area contributed by atoms with Crippen LogP contribution in [0.2, 0.25) is 0 Å². The summed E-state index contributed by atoms with van der Waals surface area (Å²) in [7, 11) is 0. The fraction of sp³-hybridized carbons (Fsp3) is 0.148. The van der Waals surface area contributed by atoms with Gasteiger partial charge in [0, 0.05) is 52.8 Å². The van der Waals surface area contributed by atoms with Crippen LogP contribution >= 0.6 is 22.7 Å². The van der Waals surface area contributed by atoms with Crippen LogP contribution in [0.3, 0.4) is 0 Å². The molecule has 12 rings (SSSR count). The van der Waals surface area contributed by atoms with Crippen molar-refractivity contribution in [1.82, 2.24) is 8.80 Å². The molecule has 0 aliphatic rings. The predicted molar refractivity (Wildman–Crippen MR) is 255 cm³/mol. The Labute approximate surface area is 345 Å². The van der Waals surface area contributed by atoms with Crippen molar-refractivity contribution >= 4 is 108 Å². The summed E-state index contributed by atoms with van der Waals surface area (Å²) in [5.74, 6) is 0. The van der Waals surface area contributed by atoms with E-state index in [1.54, 1.807) is 0 Å². The van der Waals surface area contributed by atoms with Gasteiger partial charge in [0.25, 0.3) is 0 Å². The van der Waals surface area contributed by atoms with Gasteiger partial charge in [0.15, 0.2) is 0 Å². The van der Waals surface area contributed by atoms with Gasteiger partial charge in [-0.15, -0.1) is 22.7 Å². The molecule has 280 valence electrons. The molecule has 0 bridgehead atoms. The van der Waals surface area contributed by atoms with E-state index in [0.717, 1.165) is 0 Å². The molecule has 2 nitrogen and oxygen atoms in total. The van der Waals surface area contributed by atoms with E-state index in [2.05, 4.69) is 195 Å². The smallest absolute Gasteiger partial charge is 0.0724 e. The van der Waals surface area contributed by atoms with Crippen LogP contribution < -0.4 is 0 Å². The number of hydrogen-bond acceptors (Lipinski definition) is 2. The van der Waals surface area contributed by atoms with E-state index in [1.165, 1.54) is 119 Å². The molecule has 0 N–H and O–H groups in total. The Morgan fingerprint density at radius 3 is 1.19 bits per heavy atom. The number of thiophene rings is 2. The fourth-order valence-corrected chi connectivity index (χ4v) is 11.7. The summed E-state index contributed by atoms with van der Waals surface area (Å²) in [4.78, 5) is 0. The van der Waals surface area contributed by atoms with Gasteiger partial charge >= 0.3 is 0 Å². The third kappa shape index (κ3) is 4.70. The zero-order valence-corrected chi connectivity index (χ0v) is 35.2. The van der Waals surface area contributed by atoms with Crippen molar-refractivity contribution < 1.29 is 0 Å². The largest absolute Gasteiger partial charge is 0.307 e. The predicted octanol–water partition coefficient (Wildman–Crippen LogP) is 16.3. The molecule has 6 heterocycles. The number of aromatic nitrogens is 2. The Morgan fingerprint density at radius 2 is 0.759 bits per heavy atom. The average Bonchev–Trinajstić information content (AvgIpc) is 4.01. The first-order valence-corrected chi connectivity index (χ1v) is 22.1. The minimum Gasteiger partial charge on any atom is -0.307 e. The molecule has 6 aromatic carbocycles. The molecule has 0 aliphatic carbocycles. The van der Waals surface area contributed by atoms with Crippen molar-refractivity contribution in [2.24, 2.45) is 0 Å². The third-order valence-corrected chi connectivity index (χ3v) is 14.7.